The number of hydrogen-bond acceptors (Lipinski definition) is 5. The number of aryl methyl sites for hydroxylation is 1. The number of nitrogens with zero attached hydrogens (tertiary/aromatic N) is 4. The number of imidazole rings is 1. The van der Waals surface area contributed by atoms with Gasteiger partial charge in [0.1, 0.15) is 11.4 Å². The third-order valence-corrected chi connectivity index (χ3v) is 3.71. The fourth-order valence-corrected chi connectivity index (χ4v) is 2.48. The van der Waals surface area contributed by atoms with E-state index in [9.17, 15) is 4.79 Å². The number of fused-ring (bicyclic) bond motifs is 1. The van der Waals surface area contributed by atoms with Crippen LogP contribution in [0.2, 0.25) is 5.02 Å². The van der Waals surface area contributed by atoms with Crippen LogP contribution < -0.4 is 4.74 Å². The van der Waals surface area contributed by atoms with E-state index in [0.717, 1.165) is 0 Å². The number of carboxylic acid groups (broad SMARTS) is 1. The SMILES string of the molecule is COc1ccc(N=Nc2c(C)nc3cc(C(=O)O)ccn23)cc1Cl. The van der Waals surface area contributed by atoms with Gasteiger partial charge in [-0.25, -0.2) is 9.78 Å². The van der Waals surface area contributed by atoms with Gasteiger partial charge in [-0.2, -0.15) is 0 Å². The van der Waals surface area contributed by atoms with Gasteiger partial charge in [-0.05, 0) is 37.3 Å². The molecule has 3 aromatic rings. The maximum atomic E-state index is 11.0. The topological polar surface area (TPSA) is 88.5 Å². The first-order valence-electron chi connectivity index (χ1n) is 6.97. The molecule has 7 nitrogen and oxygen atoms in total. The van der Waals surface area contributed by atoms with E-state index in [1.54, 1.807) is 35.7 Å². The summed E-state index contributed by atoms with van der Waals surface area (Å²) in [6, 6.07) is 8.05. The summed E-state index contributed by atoms with van der Waals surface area (Å²) in [5, 5.41) is 17.9. The number of benzene rings is 1. The number of carbonyl (C=O) groups is 1. The highest BCUT2D eigenvalue weighted by Gasteiger charge is 2.11. The molecule has 0 radical (unpaired) electrons. The zero-order chi connectivity index (χ0) is 17.3. The van der Waals surface area contributed by atoms with E-state index >= 15 is 0 Å². The highest BCUT2D eigenvalue weighted by Crippen LogP contribution is 2.30. The largest absolute Gasteiger partial charge is 0.495 e. The van der Waals surface area contributed by atoms with Crippen molar-refractivity contribution in [2.45, 2.75) is 6.92 Å². The normalized spacial score (nSPS) is 11.3. The quantitative estimate of drug-likeness (QED) is 0.709. The van der Waals surface area contributed by atoms with Gasteiger partial charge in [-0.15, -0.1) is 10.2 Å². The van der Waals surface area contributed by atoms with Gasteiger partial charge >= 0.3 is 5.97 Å². The third-order valence-electron chi connectivity index (χ3n) is 3.41. The van der Waals surface area contributed by atoms with Gasteiger partial charge in [0.2, 0.25) is 0 Å². The summed E-state index contributed by atoms with van der Waals surface area (Å²) < 4.78 is 6.77. The molecule has 0 aliphatic carbocycles. The van der Waals surface area contributed by atoms with Crippen LogP contribution in [0.3, 0.4) is 0 Å². The van der Waals surface area contributed by atoms with Crippen LogP contribution in [0.15, 0.2) is 46.8 Å². The molecule has 8 heteroatoms. The van der Waals surface area contributed by atoms with Gasteiger partial charge in [0.05, 0.1) is 29.1 Å². The summed E-state index contributed by atoms with van der Waals surface area (Å²) in [5.74, 6) is 0.0749. The van der Waals surface area contributed by atoms with E-state index in [4.69, 9.17) is 21.4 Å². The average Bonchev–Trinajstić information content (AvgIpc) is 2.87. The number of pyridine rings is 1. The predicted octanol–water partition coefficient (Wildman–Crippen LogP) is 4.42. The number of methoxy groups -OCH3 is 1. The molecule has 0 aliphatic heterocycles. The monoisotopic (exact) mass is 344 g/mol. The first-order valence-corrected chi connectivity index (χ1v) is 7.34. The summed E-state index contributed by atoms with van der Waals surface area (Å²) in [5.41, 5.74) is 1.87. The molecular weight excluding hydrogens is 332 g/mol. The summed E-state index contributed by atoms with van der Waals surface area (Å²) >= 11 is 6.06. The van der Waals surface area contributed by atoms with Crippen molar-refractivity contribution in [3.05, 3.63) is 52.8 Å². The molecule has 0 saturated carbocycles. The molecule has 3 rings (SSSR count). The molecule has 1 N–H and O–H groups in total. The molecule has 0 unspecified atom stereocenters. The number of ether oxygens (including phenoxy) is 1. The molecule has 122 valence electrons. The second-order valence-electron chi connectivity index (χ2n) is 4.99. The molecule has 0 bridgehead atoms. The summed E-state index contributed by atoms with van der Waals surface area (Å²) in [6.07, 6.45) is 1.61. The molecule has 0 aliphatic rings. The number of aromatic carboxylic acids is 1. The van der Waals surface area contributed by atoms with Gasteiger partial charge < -0.3 is 9.84 Å². The van der Waals surface area contributed by atoms with Crippen LogP contribution in [-0.4, -0.2) is 27.6 Å². The molecule has 2 aromatic heterocycles. The maximum Gasteiger partial charge on any atom is 0.335 e. The van der Waals surface area contributed by atoms with Crippen molar-refractivity contribution in [1.29, 1.82) is 0 Å². The molecule has 0 spiro atoms. The molecule has 2 heterocycles. The smallest absolute Gasteiger partial charge is 0.335 e. The lowest BCUT2D eigenvalue weighted by Crippen LogP contribution is -1.97. The van der Waals surface area contributed by atoms with Gasteiger partial charge in [-0.3, -0.25) is 4.40 Å². The zero-order valence-corrected chi connectivity index (χ0v) is 13.7. The van der Waals surface area contributed by atoms with E-state index in [1.807, 2.05) is 0 Å². The van der Waals surface area contributed by atoms with Crippen molar-refractivity contribution >= 4 is 34.7 Å². The number of hydrogen-bond donors (Lipinski definition) is 1. The van der Waals surface area contributed by atoms with Gasteiger partial charge in [0.25, 0.3) is 0 Å². The summed E-state index contributed by atoms with van der Waals surface area (Å²) in [7, 11) is 1.54. The highest BCUT2D eigenvalue weighted by molar-refractivity contribution is 6.32. The van der Waals surface area contributed by atoms with Gasteiger partial charge in [-0.1, -0.05) is 11.6 Å². The van der Waals surface area contributed by atoms with Crippen molar-refractivity contribution in [2.24, 2.45) is 10.2 Å². The van der Waals surface area contributed by atoms with Crippen molar-refractivity contribution in [3.8, 4) is 5.75 Å². The molecule has 0 saturated heterocycles. The molecule has 0 atom stereocenters. The van der Waals surface area contributed by atoms with Crippen LogP contribution in [0, 0.1) is 6.92 Å². The lowest BCUT2D eigenvalue weighted by atomic mass is 10.3. The minimum absolute atomic E-state index is 0.165. The van der Waals surface area contributed by atoms with Crippen molar-refractivity contribution in [1.82, 2.24) is 9.38 Å². The second-order valence-corrected chi connectivity index (χ2v) is 5.40. The van der Waals surface area contributed by atoms with Crippen LogP contribution in [0.4, 0.5) is 11.5 Å². The molecular formula is C16H13ClN4O3. The second kappa shape index (κ2) is 6.29. The van der Waals surface area contributed by atoms with E-state index in [1.165, 1.54) is 19.2 Å². The number of rotatable bonds is 4. The Balaban J connectivity index is 1.99. The standard InChI is InChI=1S/C16H13ClN4O3/c1-9-15(20-19-11-3-4-13(24-2)12(17)8-11)21-6-5-10(16(22)23)7-14(21)18-9/h3-8H,1-2H3,(H,22,23). The first-order chi connectivity index (χ1) is 11.5. The Kier molecular flexibility index (Phi) is 4.18. The van der Waals surface area contributed by atoms with Crippen LogP contribution >= 0.6 is 11.6 Å². The Bertz CT molecular complexity index is 965. The van der Waals surface area contributed by atoms with Crippen LogP contribution in [0.1, 0.15) is 16.1 Å². The first kappa shape index (κ1) is 15.9. The minimum atomic E-state index is -1.01. The summed E-state index contributed by atoms with van der Waals surface area (Å²) in [6.45, 7) is 1.78. The van der Waals surface area contributed by atoms with Crippen molar-refractivity contribution in [2.75, 3.05) is 7.11 Å². The van der Waals surface area contributed by atoms with Crippen LogP contribution in [0.25, 0.3) is 5.65 Å². The maximum absolute atomic E-state index is 11.0. The average molecular weight is 345 g/mol. The Morgan fingerprint density at radius 3 is 2.75 bits per heavy atom. The van der Waals surface area contributed by atoms with E-state index in [0.29, 0.717) is 33.6 Å². The minimum Gasteiger partial charge on any atom is -0.495 e. The van der Waals surface area contributed by atoms with Gasteiger partial charge in [0, 0.05) is 6.20 Å². The highest BCUT2D eigenvalue weighted by atomic mass is 35.5. The van der Waals surface area contributed by atoms with Crippen molar-refractivity contribution < 1.29 is 14.6 Å². The Morgan fingerprint density at radius 2 is 2.08 bits per heavy atom. The van der Waals surface area contributed by atoms with Crippen molar-refractivity contribution in [3.63, 3.8) is 0 Å². The molecule has 0 amide bonds. The number of halogens is 1. The number of aromatic nitrogens is 2. The predicted molar refractivity (Wildman–Crippen MR) is 89.1 cm³/mol. The lowest BCUT2D eigenvalue weighted by Gasteiger charge is -2.02. The van der Waals surface area contributed by atoms with E-state index in [2.05, 4.69) is 15.2 Å². The van der Waals surface area contributed by atoms with E-state index in [-0.39, 0.29) is 5.56 Å². The Labute approximate surface area is 142 Å². The zero-order valence-electron chi connectivity index (χ0n) is 12.9. The number of azo groups is 1. The molecule has 1 aromatic carbocycles. The molecule has 0 fully saturated rings. The fraction of sp³-hybridized carbons (Fsp3) is 0.125. The third kappa shape index (κ3) is 2.93. The Hall–Kier alpha value is -2.93. The fourth-order valence-electron chi connectivity index (χ4n) is 2.23. The Morgan fingerprint density at radius 1 is 1.29 bits per heavy atom. The van der Waals surface area contributed by atoms with E-state index < -0.39 is 5.97 Å². The number of carboxylic acids is 1. The lowest BCUT2D eigenvalue weighted by molar-refractivity contribution is 0.0697. The summed E-state index contributed by atoms with van der Waals surface area (Å²) in [4.78, 5) is 15.3. The van der Waals surface area contributed by atoms with Crippen LogP contribution in [-0.2, 0) is 0 Å². The molecule has 24 heavy (non-hydrogen) atoms. The van der Waals surface area contributed by atoms with Gasteiger partial charge in [0.15, 0.2) is 5.82 Å². The van der Waals surface area contributed by atoms with Crippen LogP contribution in [0.5, 0.6) is 5.75 Å².